The summed E-state index contributed by atoms with van der Waals surface area (Å²) in [5.41, 5.74) is 1.70. The standard InChI is InChI=1S/C19H23N5O3S/c1-13(2)18(19-22-21-16-10-6-7-11-24(16)19)20-17(25)12-14-8-4-5-9-15(14)23-28(3,26)27/h4-11,13,18,23H,12H2,1-3H3,(H,20,25). The Morgan fingerprint density at radius 1 is 1.11 bits per heavy atom. The Labute approximate surface area is 164 Å². The molecular weight excluding hydrogens is 378 g/mol. The summed E-state index contributed by atoms with van der Waals surface area (Å²) in [5, 5.41) is 11.4. The average Bonchev–Trinajstić information content (AvgIpc) is 3.04. The largest absolute Gasteiger partial charge is 0.346 e. The van der Waals surface area contributed by atoms with Crippen LogP contribution in [0.2, 0.25) is 0 Å². The molecule has 2 aromatic heterocycles. The van der Waals surface area contributed by atoms with Gasteiger partial charge in [0, 0.05) is 6.20 Å². The van der Waals surface area contributed by atoms with Crippen LogP contribution in [0.1, 0.15) is 31.3 Å². The van der Waals surface area contributed by atoms with E-state index in [0.717, 1.165) is 6.26 Å². The number of sulfonamides is 1. The molecule has 0 aliphatic carbocycles. The van der Waals surface area contributed by atoms with Gasteiger partial charge in [0.15, 0.2) is 11.5 Å². The van der Waals surface area contributed by atoms with Crippen molar-refractivity contribution < 1.29 is 13.2 Å². The van der Waals surface area contributed by atoms with Crippen LogP contribution in [0, 0.1) is 5.92 Å². The Bertz CT molecular complexity index is 1090. The van der Waals surface area contributed by atoms with Gasteiger partial charge in [-0.05, 0) is 29.7 Å². The number of pyridine rings is 1. The zero-order chi connectivity index (χ0) is 20.3. The van der Waals surface area contributed by atoms with E-state index in [1.165, 1.54) is 0 Å². The van der Waals surface area contributed by atoms with Crippen LogP contribution in [-0.2, 0) is 21.2 Å². The Kier molecular flexibility index (Phi) is 5.64. The van der Waals surface area contributed by atoms with Crippen LogP contribution in [-0.4, -0.2) is 35.2 Å². The van der Waals surface area contributed by atoms with Crippen LogP contribution in [0.25, 0.3) is 5.65 Å². The second-order valence-electron chi connectivity index (χ2n) is 6.98. The first-order chi connectivity index (χ1) is 13.2. The molecule has 0 fully saturated rings. The normalized spacial score (nSPS) is 12.9. The van der Waals surface area contributed by atoms with Crippen LogP contribution >= 0.6 is 0 Å². The fourth-order valence-electron chi connectivity index (χ4n) is 2.97. The van der Waals surface area contributed by atoms with E-state index in [1.807, 2.05) is 42.6 Å². The van der Waals surface area contributed by atoms with Gasteiger partial charge in [0.1, 0.15) is 0 Å². The van der Waals surface area contributed by atoms with Crippen LogP contribution in [0.4, 0.5) is 5.69 Å². The molecule has 0 saturated carbocycles. The number of carbonyl (C=O) groups is 1. The number of rotatable bonds is 7. The topological polar surface area (TPSA) is 105 Å². The second kappa shape index (κ2) is 7.97. The first-order valence-corrected chi connectivity index (χ1v) is 10.8. The molecule has 0 bridgehead atoms. The van der Waals surface area contributed by atoms with Crippen molar-refractivity contribution in [1.82, 2.24) is 19.9 Å². The molecule has 1 atom stereocenters. The van der Waals surface area contributed by atoms with E-state index < -0.39 is 10.0 Å². The van der Waals surface area contributed by atoms with E-state index in [9.17, 15) is 13.2 Å². The van der Waals surface area contributed by atoms with Gasteiger partial charge in [0.2, 0.25) is 15.9 Å². The molecule has 2 heterocycles. The molecule has 0 aliphatic heterocycles. The van der Waals surface area contributed by atoms with Gasteiger partial charge in [0.25, 0.3) is 0 Å². The minimum Gasteiger partial charge on any atom is -0.346 e. The number of para-hydroxylation sites is 1. The predicted molar refractivity (Wildman–Crippen MR) is 107 cm³/mol. The van der Waals surface area contributed by atoms with Crippen molar-refractivity contribution in [2.24, 2.45) is 5.92 Å². The first kappa shape index (κ1) is 19.8. The third-order valence-electron chi connectivity index (χ3n) is 4.27. The number of hydrogen-bond acceptors (Lipinski definition) is 5. The van der Waals surface area contributed by atoms with E-state index in [0.29, 0.717) is 22.7 Å². The Hall–Kier alpha value is -2.94. The van der Waals surface area contributed by atoms with Crippen LogP contribution < -0.4 is 10.0 Å². The van der Waals surface area contributed by atoms with Crippen molar-refractivity contribution in [3.8, 4) is 0 Å². The second-order valence-corrected chi connectivity index (χ2v) is 8.73. The number of hydrogen-bond donors (Lipinski definition) is 2. The molecule has 1 amide bonds. The van der Waals surface area contributed by atoms with Crippen LogP contribution in [0.3, 0.4) is 0 Å². The van der Waals surface area contributed by atoms with Crippen molar-refractivity contribution in [2.45, 2.75) is 26.3 Å². The van der Waals surface area contributed by atoms with Crippen molar-refractivity contribution in [1.29, 1.82) is 0 Å². The van der Waals surface area contributed by atoms with Crippen LogP contribution in [0.15, 0.2) is 48.7 Å². The third kappa shape index (κ3) is 4.66. The third-order valence-corrected chi connectivity index (χ3v) is 4.86. The van der Waals surface area contributed by atoms with E-state index in [-0.39, 0.29) is 24.3 Å². The lowest BCUT2D eigenvalue weighted by Crippen LogP contribution is -2.34. The van der Waals surface area contributed by atoms with Crippen LogP contribution in [0.5, 0.6) is 0 Å². The highest BCUT2D eigenvalue weighted by atomic mass is 32.2. The molecular formula is C19H23N5O3S. The lowest BCUT2D eigenvalue weighted by Gasteiger charge is -2.21. The Balaban J connectivity index is 1.81. The van der Waals surface area contributed by atoms with Gasteiger partial charge >= 0.3 is 0 Å². The van der Waals surface area contributed by atoms with E-state index in [2.05, 4.69) is 20.2 Å². The molecule has 0 spiro atoms. The predicted octanol–water partition coefficient (Wildman–Crippen LogP) is 2.16. The van der Waals surface area contributed by atoms with Gasteiger partial charge in [-0.3, -0.25) is 13.9 Å². The summed E-state index contributed by atoms with van der Waals surface area (Å²) in [6.07, 6.45) is 2.98. The highest BCUT2D eigenvalue weighted by Gasteiger charge is 2.24. The number of nitrogens with one attached hydrogen (secondary N) is 2. The van der Waals surface area contributed by atoms with E-state index >= 15 is 0 Å². The molecule has 28 heavy (non-hydrogen) atoms. The lowest BCUT2D eigenvalue weighted by atomic mass is 10.0. The summed E-state index contributed by atoms with van der Waals surface area (Å²) in [6.45, 7) is 3.99. The SMILES string of the molecule is CC(C)C(NC(=O)Cc1ccccc1NS(C)(=O)=O)c1nnc2ccccn12. The monoisotopic (exact) mass is 401 g/mol. The Morgan fingerprint density at radius 2 is 1.82 bits per heavy atom. The molecule has 3 aromatic rings. The van der Waals surface area contributed by atoms with Gasteiger partial charge < -0.3 is 5.32 Å². The molecule has 0 radical (unpaired) electrons. The molecule has 8 nitrogen and oxygen atoms in total. The minimum atomic E-state index is -3.44. The number of anilines is 1. The summed E-state index contributed by atoms with van der Waals surface area (Å²) in [7, 11) is -3.44. The minimum absolute atomic E-state index is 0.0403. The zero-order valence-electron chi connectivity index (χ0n) is 16.0. The van der Waals surface area contributed by atoms with Gasteiger partial charge in [-0.1, -0.05) is 38.1 Å². The summed E-state index contributed by atoms with van der Waals surface area (Å²) in [6, 6.07) is 12.1. The maximum atomic E-state index is 12.7. The highest BCUT2D eigenvalue weighted by Crippen LogP contribution is 2.22. The first-order valence-electron chi connectivity index (χ1n) is 8.89. The number of benzene rings is 1. The molecule has 0 aliphatic rings. The van der Waals surface area contributed by atoms with E-state index in [4.69, 9.17) is 0 Å². The molecule has 9 heteroatoms. The van der Waals surface area contributed by atoms with Gasteiger partial charge in [-0.25, -0.2) is 8.42 Å². The molecule has 3 rings (SSSR count). The summed E-state index contributed by atoms with van der Waals surface area (Å²) >= 11 is 0. The van der Waals surface area contributed by atoms with E-state index in [1.54, 1.807) is 24.3 Å². The zero-order valence-corrected chi connectivity index (χ0v) is 16.8. The van der Waals surface area contributed by atoms with Crippen molar-refractivity contribution >= 4 is 27.3 Å². The van der Waals surface area contributed by atoms with Crippen molar-refractivity contribution in [3.63, 3.8) is 0 Å². The summed E-state index contributed by atoms with van der Waals surface area (Å²) in [5.74, 6) is 0.511. The fraction of sp³-hybridized carbons (Fsp3) is 0.316. The molecule has 1 aromatic carbocycles. The number of nitrogens with zero attached hydrogens (tertiary/aromatic N) is 3. The Morgan fingerprint density at radius 3 is 2.54 bits per heavy atom. The molecule has 148 valence electrons. The summed E-state index contributed by atoms with van der Waals surface area (Å²) in [4.78, 5) is 12.7. The maximum Gasteiger partial charge on any atom is 0.229 e. The molecule has 0 saturated heterocycles. The molecule has 1 unspecified atom stereocenters. The maximum absolute atomic E-state index is 12.7. The molecule has 2 N–H and O–H groups in total. The number of aromatic nitrogens is 3. The lowest BCUT2D eigenvalue weighted by molar-refractivity contribution is -0.121. The smallest absolute Gasteiger partial charge is 0.229 e. The van der Waals surface area contributed by atoms with Crippen molar-refractivity contribution in [2.75, 3.05) is 11.0 Å². The number of carbonyl (C=O) groups excluding carboxylic acids is 1. The quantitative estimate of drug-likeness (QED) is 0.631. The van der Waals surface area contributed by atoms with Gasteiger partial charge in [-0.2, -0.15) is 0 Å². The summed E-state index contributed by atoms with van der Waals surface area (Å²) < 4.78 is 27.4. The highest BCUT2D eigenvalue weighted by molar-refractivity contribution is 7.92. The van der Waals surface area contributed by atoms with Crippen molar-refractivity contribution in [3.05, 3.63) is 60.0 Å². The van der Waals surface area contributed by atoms with Gasteiger partial charge in [-0.15, -0.1) is 10.2 Å². The van der Waals surface area contributed by atoms with Gasteiger partial charge in [0.05, 0.1) is 24.4 Å². The average molecular weight is 401 g/mol. The number of amides is 1. The number of fused-ring (bicyclic) bond motifs is 1. The fourth-order valence-corrected chi connectivity index (χ4v) is 3.57.